The average Bonchev–Trinajstić information content (AvgIpc) is 3.34. The van der Waals surface area contributed by atoms with Crippen molar-refractivity contribution in [2.75, 3.05) is 35.8 Å². The Hall–Kier alpha value is -4.25. The lowest BCUT2D eigenvalue weighted by molar-refractivity contribution is -0.125. The number of sulfonamides is 1. The lowest BCUT2D eigenvalue weighted by atomic mass is 10.2. The Bertz CT molecular complexity index is 1540. The first-order chi connectivity index (χ1) is 17.3. The van der Waals surface area contributed by atoms with Crippen molar-refractivity contribution >= 4 is 44.0 Å². The van der Waals surface area contributed by atoms with Gasteiger partial charge in [-0.25, -0.2) is 22.8 Å². The molecule has 188 valence electrons. The molecule has 4 aromatic rings. The van der Waals surface area contributed by atoms with Crippen LogP contribution in [0.4, 0.5) is 15.9 Å². The number of carbonyl (C=O) groups excluding carboxylic acids is 1. The predicted molar refractivity (Wildman–Crippen MR) is 140 cm³/mol. The minimum absolute atomic E-state index is 0. The normalized spacial score (nSPS) is 14.1. The average molecular weight is 511 g/mol. The SMILES string of the molecule is C=C(C(=O)N1CCN(c2ccc(S(=O)(=O)Nc3ccncn3)cc2)CC1)n1ccc2c(F)cccc21.[HH].[HH]. The van der Waals surface area contributed by atoms with Gasteiger partial charge in [0.1, 0.15) is 23.7 Å². The van der Waals surface area contributed by atoms with Crippen LogP contribution in [0, 0.1) is 5.82 Å². The number of anilines is 2. The molecular weight excluding hydrogens is 483 g/mol. The lowest BCUT2D eigenvalue weighted by Crippen LogP contribution is -2.49. The van der Waals surface area contributed by atoms with Crippen LogP contribution in [0.2, 0.25) is 0 Å². The summed E-state index contributed by atoms with van der Waals surface area (Å²) in [6.45, 7) is 6.05. The van der Waals surface area contributed by atoms with E-state index in [0.717, 1.165) is 5.69 Å². The van der Waals surface area contributed by atoms with E-state index in [1.807, 2.05) is 0 Å². The van der Waals surface area contributed by atoms with Gasteiger partial charge in [-0.3, -0.25) is 9.52 Å². The Morgan fingerprint density at radius 2 is 1.78 bits per heavy atom. The van der Waals surface area contributed by atoms with E-state index in [2.05, 4.69) is 26.2 Å². The first-order valence-corrected chi connectivity index (χ1v) is 12.7. The van der Waals surface area contributed by atoms with Crippen molar-refractivity contribution in [3.63, 3.8) is 0 Å². The zero-order valence-electron chi connectivity index (χ0n) is 19.2. The largest absolute Gasteiger partial charge is 0.368 e. The maximum Gasteiger partial charge on any atom is 0.270 e. The number of piperazine rings is 1. The first-order valence-electron chi connectivity index (χ1n) is 11.2. The molecule has 0 atom stereocenters. The maximum atomic E-state index is 14.0. The summed E-state index contributed by atoms with van der Waals surface area (Å²) in [6.07, 6.45) is 4.37. The van der Waals surface area contributed by atoms with Crippen molar-refractivity contribution < 1.29 is 20.5 Å². The maximum absolute atomic E-state index is 14.0. The molecule has 0 radical (unpaired) electrons. The van der Waals surface area contributed by atoms with Gasteiger partial charge in [0.05, 0.1) is 10.4 Å². The highest BCUT2D eigenvalue weighted by Crippen LogP contribution is 2.24. The smallest absolute Gasteiger partial charge is 0.270 e. The van der Waals surface area contributed by atoms with Gasteiger partial charge >= 0.3 is 0 Å². The van der Waals surface area contributed by atoms with Crippen LogP contribution in [0.25, 0.3) is 16.6 Å². The summed E-state index contributed by atoms with van der Waals surface area (Å²) in [5, 5.41) is 0.439. The summed E-state index contributed by atoms with van der Waals surface area (Å²) >= 11 is 0. The molecule has 1 amide bonds. The third kappa shape index (κ3) is 4.52. The number of nitrogens with zero attached hydrogens (tertiary/aromatic N) is 5. The Balaban J connectivity index is 0.00000200. The molecule has 3 heterocycles. The molecule has 1 aliphatic rings. The van der Waals surface area contributed by atoms with E-state index in [0.29, 0.717) is 37.1 Å². The van der Waals surface area contributed by atoms with Gasteiger partial charge in [0.15, 0.2) is 0 Å². The molecule has 0 unspecified atom stereocenters. The highest BCUT2D eigenvalue weighted by Gasteiger charge is 2.25. The second kappa shape index (κ2) is 9.42. The molecular formula is C25H27FN6O3S. The number of benzene rings is 2. The van der Waals surface area contributed by atoms with Crippen molar-refractivity contribution in [3.05, 3.63) is 85.7 Å². The molecule has 2 aromatic carbocycles. The molecule has 5 rings (SSSR count). The summed E-state index contributed by atoms with van der Waals surface area (Å²) in [4.78, 5) is 24.7. The number of hydrogen-bond acceptors (Lipinski definition) is 6. The molecule has 1 aliphatic heterocycles. The summed E-state index contributed by atoms with van der Waals surface area (Å²) in [5.74, 6) is -0.369. The predicted octanol–water partition coefficient (Wildman–Crippen LogP) is 3.68. The van der Waals surface area contributed by atoms with Crippen molar-refractivity contribution in [3.8, 4) is 0 Å². The molecule has 11 heteroatoms. The highest BCUT2D eigenvalue weighted by molar-refractivity contribution is 7.92. The van der Waals surface area contributed by atoms with Crippen molar-refractivity contribution in [2.24, 2.45) is 0 Å². The zero-order valence-corrected chi connectivity index (χ0v) is 20.0. The Labute approximate surface area is 210 Å². The molecule has 0 aliphatic carbocycles. The number of hydrogen-bond donors (Lipinski definition) is 1. The van der Waals surface area contributed by atoms with Gasteiger partial charge in [0.2, 0.25) is 0 Å². The van der Waals surface area contributed by atoms with Gasteiger partial charge in [0.25, 0.3) is 15.9 Å². The van der Waals surface area contributed by atoms with E-state index in [-0.39, 0.29) is 31.0 Å². The van der Waals surface area contributed by atoms with Gasteiger partial charge < -0.3 is 14.4 Å². The summed E-state index contributed by atoms with van der Waals surface area (Å²) in [6, 6.07) is 14.4. The van der Waals surface area contributed by atoms with Gasteiger partial charge in [-0.15, -0.1) is 0 Å². The third-order valence-corrected chi connectivity index (χ3v) is 7.49. The van der Waals surface area contributed by atoms with E-state index in [4.69, 9.17) is 0 Å². The van der Waals surface area contributed by atoms with Crippen LogP contribution in [-0.4, -0.2) is 59.9 Å². The third-order valence-electron chi connectivity index (χ3n) is 6.12. The number of carbonyl (C=O) groups is 1. The first kappa shape index (κ1) is 23.5. The number of rotatable bonds is 6. The molecule has 1 saturated heterocycles. The summed E-state index contributed by atoms with van der Waals surface area (Å²) < 4.78 is 43.3. The Kier molecular flexibility index (Phi) is 6.15. The van der Waals surface area contributed by atoms with Gasteiger partial charge in [-0.1, -0.05) is 12.6 Å². The Morgan fingerprint density at radius 1 is 1.03 bits per heavy atom. The molecule has 36 heavy (non-hydrogen) atoms. The fourth-order valence-electron chi connectivity index (χ4n) is 4.20. The number of aromatic nitrogens is 3. The molecule has 1 fully saturated rings. The topological polar surface area (TPSA) is 100 Å². The van der Waals surface area contributed by atoms with Crippen LogP contribution < -0.4 is 9.62 Å². The molecule has 0 bridgehead atoms. The highest BCUT2D eigenvalue weighted by atomic mass is 32.2. The Morgan fingerprint density at radius 3 is 2.47 bits per heavy atom. The number of amides is 1. The van der Waals surface area contributed by atoms with E-state index >= 15 is 0 Å². The standard InChI is InChI=1S/C25H23FN6O3S.2H2/c1-18(32-12-10-21-22(26)3-2-4-23(21)32)25(33)31-15-13-30(14-16-31)19-5-7-20(8-6-19)36(34,35)29-24-9-11-27-17-28-24;;/h2-12,17H,1,13-16H2,(H,27,28,29);2*1H. The summed E-state index contributed by atoms with van der Waals surface area (Å²) in [7, 11) is -3.78. The fourth-order valence-corrected chi connectivity index (χ4v) is 5.21. The van der Waals surface area contributed by atoms with Gasteiger partial charge in [-0.2, -0.15) is 0 Å². The lowest BCUT2D eigenvalue weighted by Gasteiger charge is -2.36. The minimum Gasteiger partial charge on any atom is -0.368 e. The number of nitrogens with one attached hydrogen (secondary N) is 1. The molecule has 1 N–H and O–H groups in total. The van der Waals surface area contributed by atoms with E-state index in [1.165, 1.54) is 36.8 Å². The van der Waals surface area contributed by atoms with Crippen LogP contribution in [0.1, 0.15) is 2.85 Å². The van der Waals surface area contributed by atoms with Gasteiger partial charge in [0, 0.05) is 52.5 Å². The van der Waals surface area contributed by atoms with Crippen molar-refractivity contribution in [1.82, 2.24) is 19.4 Å². The second-order valence-corrected chi connectivity index (χ2v) is 9.96. The molecule has 0 spiro atoms. The van der Waals surface area contributed by atoms with E-state index in [9.17, 15) is 17.6 Å². The van der Waals surface area contributed by atoms with Crippen molar-refractivity contribution in [2.45, 2.75) is 4.90 Å². The number of fused-ring (bicyclic) bond motifs is 1. The molecule has 2 aromatic heterocycles. The second-order valence-electron chi connectivity index (χ2n) is 8.28. The quantitative estimate of drug-likeness (QED) is 0.397. The molecule has 0 saturated carbocycles. The molecule has 9 nitrogen and oxygen atoms in total. The number of halogens is 1. The zero-order chi connectivity index (χ0) is 25.3. The fraction of sp³-hybridized carbons (Fsp3) is 0.160. The van der Waals surface area contributed by atoms with E-state index in [1.54, 1.807) is 46.0 Å². The van der Waals surface area contributed by atoms with Crippen LogP contribution in [-0.2, 0) is 14.8 Å². The van der Waals surface area contributed by atoms with E-state index < -0.39 is 10.0 Å². The van der Waals surface area contributed by atoms with Crippen molar-refractivity contribution in [1.29, 1.82) is 0 Å². The minimum atomic E-state index is -3.78. The van der Waals surface area contributed by atoms with Gasteiger partial charge in [-0.05, 0) is 48.5 Å². The van der Waals surface area contributed by atoms with Crippen LogP contribution in [0.5, 0.6) is 0 Å². The summed E-state index contributed by atoms with van der Waals surface area (Å²) in [5.41, 5.74) is 1.71. The van der Waals surface area contributed by atoms with Crippen LogP contribution in [0.15, 0.2) is 84.8 Å². The van der Waals surface area contributed by atoms with Crippen LogP contribution in [0.3, 0.4) is 0 Å². The monoisotopic (exact) mass is 510 g/mol. The van der Waals surface area contributed by atoms with Crippen LogP contribution >= 0.6 is 0 Å².